The van der Waals surface area contributed by atoms with Gasteiger partial charge in [0.1, 0.15) is 0 Å². The molecule has 0 heterocycles. The van der Waals surface area contributed by atoms with Crippen molar-refractivity contribution in [2.45, 2.75) is 25.7 Å². The zero-order valence-corrected chi connectivity index (χ0v) is 9.96. The number of nitrogens with zero attached hydrogens (tertiary/aromatic N) is 1. The number of aliphatic hydroxyl groups excluding tert-OH is 1. The van der Waals surface area contributed by atoms with Crippen LogP contribution >= 0.6 is 0 Å². The molecule has 0 radical (unpaired) electrons. The Labute approximate surface area is 91.7 Å². The Kier molecular flexibility index (Phi) is 4.98. The van der Waals surface area contributed by atoms with E-state index in [1.54, 1.807) is 0 Å². The Balaban J connectivity index is 2.22. The quantitative estimate of drug-likeness (QED) is 0.620. The van der Waals surface area contributed by atoms with Crippen LogP contribution in [0.2, 0.25) is 0 Å². The summed E-state index contributed by atoms with van der Waals surface area (Å²) in [5.74, 6) is 0.732. The van der Waals surface area contributed by atoms with Crippen molar-refractivity contribution in [1.82, 2.24) is 9.03 Å². The summed E-state index contributed by atoms with van der Waals surface area (Å²) in [5.41, 5.74) is 0. The molecule has 0 atom stereocenters. The molecule has 1 aliphatic carbocycles. The van der Waals surface area contributed by atoms with Crippen molar-refractivity contribution in [2.24, 2.45) is 5.92 Å². The molecule has 15 heavy (non-hydrogen) atoms. The summed E-state index contributed by atoms with van der Waals surface area (Å²) in [6.45, 7) is 0.896. The fourth-order valence-electron chi connectivity index (χ4n) is 1.32. The van der Waals surface area contributed by atoms with Gasteiger partial charge in [-0.05, 0) is 18.8 Å². The molecule has 1 rings (SSSR count). The minimum absolute atomic E-state index is 0.0158. The summed E-state index contributed by atoms with van der Waals surface area (Å²) in [6.07, 6.45) is 3.89. The maximum Gasteiger partial charge on any atom is 0.279 e. The van der Waals surface area contributed by atoms with Crippen LogP contribution in [0.25, 0.3) is 0 Å². The Morgan fingerprint density at radius 2 is 2.13 bits per heavy atom. The third kappa shape index (κ3) is 4.92. The van der Waals surface area contributed by atoms with Crippen molar-refractivity contribution in [3.8, 4) is 0 Å². The van der Waals surface area contributed by atoms with Gasteiger partial charge in [0.25, 0.3) is 10.2 Å². The first-order chi connectivity index (χ1) is 7.06. The molecular formula is C9H20N2O3S. The second-order valence-corrected chi connectivity index (χ2v) is 5.89. The molecule has 0 aromatic carbocycles. The fourth-order valence-corrected chi connectivity index (χ4v) is 2.29. The molecule has 2 N–H and O–H groups in total. The van der Waals surface area contributed by atoms with Crippen LogP contribution in [-0.2, 0) is 10.2 Å². The molecule has 0 saturated heterocycles. The summed E-state index contributed by atoms with van der Waals surface area (Å²) >= 11 is 0. The Morgan fingerprint density at radius 3 is 2.67 bits per heavy atom. The molecule has 0 unspecified atom stereocenters. The average molecular weight is 236 g/mol. The molecule has 6 heteroatoms. The molecule has 1 saturated carbocycles. The molecule has 0 spiro atoms. The highest BCUT2D eigenvalue weighted by Gasteiger charge is 2.22. The third-order valence-electron chi connectivity index (χ3n) is 2.58. The molecule has 1 aliphatic rings. The molecule has 5 nitrogen and oxygen atoms in total. The second-order valence-electron chi connectivity index (χ2n) is 4.03. The van der Waals surface area contributed by atoms with Crippen molar-refractivity contribution in [3.63, 3.8) is 0 Å². The number of nitrogens with one attached hydrogen (secondary N) is 1. The van der Waals surface area contributed by atoms with Gasteiger partial charge in [-0.3, -0.25) is 0 Å². The lowest BCUT2D eigenvalue weighted by molar-refractivity contribution is 0.275. The summed E-state index contributed by atoms with van der Waals surface area (Å²) < 4.78 is 26.9. The summed E-state index contributed by atoms with van der Waals surface area (Å²) in [4.78, 5) is 0. The predicted molar refractivity (Wildman–Crippen MR) is 58.6 cm³/mol. The molecule has 0 aliphatic heterocycles. The standard InChI is InChI=1S/C9H20N2O3S/c1-11(7-2-8-12)15(13,14)10-6-5-9-3-4-9/h9-10,12H,2-8H2,1H3. The molecule has 0 aromatic heterocycles. The zero-order chi connectivity index (χ0) is 11.3. The van der Waals surface area contributed by atoms with Crippen LogP contribution in [0.1, 0.15) is 25.7 Å². The van der Waals surface area contributed by atoms with Gasteiger partial charge in [-0.2, -0.15) is 12.7 Å². The first kappa shape index (κ1) is 12.9. The topological polar surface area (TPSA) is 69.6 Å². The van der Waals surface area contributed by atoms with Crippen molar-refractivity contribution >= 4 is 10.2 Å². The first-order valence-electron chi connectivity index (χ1n) is 5.38. The van der Waals surface area contributed by atoms with Crippen molar-refractivity contribution in [1.29, 1.82) is 0 Å². The molecule has 0 aromatic rings. The Morgan fingerprint density at radius 1 is 1.47 bits per heavy atom. The first-order valence-corrected chi connectivity index (χ1v) is 6.82. The maximum absolute atomic E-state index is 11.6. The van der Waals surface area contributed by atoms with Crippen LogP contribution in [-0.4, -0.2) is 44.6 Å². The lowest BCUT2D eigenvalue weighted by Crippen LogP contribution is -2.39. The van der Waals surface area contributed by atoms with E-state index in [4.69, 9.17) is 5.11 Å². The van der Waals surface area contributed by atoms with E-state index in [0.717, 1.165) is 12.3 Å². The lowest BCUT2D eigenvalue weighted by atomic mass is 10.3. The summed E-state index contributed by atoms with van der Waals surface area (Å²) in [7, 11) is -1.81. The van der Waals surface area contributed by atoms with Gasteiger partial charge >= 0.3 is 0 Å². The van der Waals surface area contributed by atoms with E-state index in [2.05, 4.69) is 4.72 Å². The van der Waals surface area contributed by atoms with E-state index >= 15 is 0 Å². The van der Waals surface area contributed by atoms with Gasteiger partial charge < -0.3 is 5.11 Å². The van der Waals surface area contributed by atoms with Gasteiger partial charge in [-0.25, -0.2) is 4.72 Å². The van der Waals surface area contributed by atoms with Gasteiger partial charge in [0.05, 0.1) is 0 Å². The summed E-state index contributed by atoms with van der Waals surface area (Å²) in [6, 6.07) is 0. The van der Waals surface area contributed by atoms with E-state index < -0.39 is 10.2 Å². The van der Waals surface area contributed by atoms with E-state index in [-0.39, 0.29) is 6.61 Å². The Hall–Kier alpha value is -0.170. The van der Waals surface area contributed by atoms with Crippen molar-refractivity contribution in [3.05, 3.63) is 0 Å². The smallest absolute Gasteiger partial charge is 0.279 e. The molecule has 1 fully saturated rings. The highest BCUT2D eigenvalue weighted by molar-refractivity contribution is 7.87. The van der Waals surface area contributed by atoms with Gasteiger partial charge in [-0.15, -0.1) is 0 Å². The van der Waals surface area contributed by atoms with Gasteiger partial charge in [-0.1, -0.05) is 12.8 Å². The average Bonchev–Trinajstić information content (AvgIpc) is 2.97. The minimum Gasteiger partial charge on any atom is -0.396 e. The third-order valence-corrected chi connectivity index (χ3v) is 4.15. The normalized spacial score (nSPS) is 17.3. The van der Waals surface area contributed by atoms with E-state index in [1.807, 2.05) is 0 Å². The van der Waals surface area contributed by atoms with E-state index in [1.165, 1.54) is 24.2 Å². The highest BCUT2D eigenvalue weighted by Crippen LogP contribution is 2.31. The molecule has 0 amide bonds. The maximum atomic E-state index is 11.6. The largest absolute Gasteiger partial charge is 0.396 e. The second kappa shape index (κ2) is 5.79. The number of rotatable bonds is 8. The van der Waals surface area contributed by atoms with Crippen molar-refractivity contribution < 1.29 is 13.5 Å². The van der Waals surface area contributed by atoms with E-state index in [0.29, 0.717) is 19.5 Å². The minimum atomic E-state index is -3.33. The molecule has 0 bridgehead atoms. The monoisotopic (exact) mass is 236 g/mol. The van der Waals surface area contributed by atoms with Gasteiger partial charge in [0.2, 0.25) is 0 Å². The highest BCUT2D eigenvalue weighted by atomic mass is 32.2. The molecular weight excluding hydrogens is 216 g/mol. The van der Waals surface area contributed by atoms with E-state index in [9.17, 15) is 8.42 Å². The van der Waals surface area contributed by atoms with Gasteiger partial charge in [0.15, 0.2) is 0 Å². The predicted octanol–water partition coefficient (Wildman–Crippen LogP) is -0.0649. The summed E-state index contributed by atoms with van der Waals surface area (Å²) in [5, 5.41) is 8.60. The van der Waals surface area contributed by atoms with Crippen LogP contribution in [0, 0.1) is 5.92 Å². The zero-order valence-electron chi connectivity index (χ0n) is 9.15. The van der Waals surface area contributed by atoms with Crippen molar-refractivity contribution in [2.75, 3.05) is 26.7 Å². The Bertz CT molecular complexity index is 275. The van der Waals surface area contributed by atoms with Gasteiger partial charge in [0, 0.05) is 26.7 Å². The number of aliphatic hydroxyl groups is 1. The fraction of sp³-hybridized carbons (Fsp3) is 1.00. The van der Waals surface area contributed by atoms with Crippen LogP contribution < -0.4 is 4.72 Å². The lowest BCUT2D eigenvalue weighted by Gasteiger charge is -2.16. The SMILES string of the molecule is CN(CCCO)S(=O)(=O)NCCC1CC1. The van der Waals surface area contributed by atoms with Crippen LogP contribution in [0.4, 0.5) is 0 Å². The number of hydrogen-bond donors (Lipinski definition) is 2. The molecule has 90 valence electrons. The van der Waals surface area contributed by atoms with Crippen LogP contribution in [0.15, 0.2) is 0 Å². The van der Waals surface area contributed by atoms with Crippen LogP contribution in [0.5, 0.6) is 0 Å². The number of hydrogen-bond acceptors (Lipinski definition) is 3. The van der Waals surface area contributed by atoms with Crippen LogP contribution in [0.3, 0.4) is 0 Å².